The molecule has 88 valence electrons. The Morgan fingerprint density at radius 2 is 2.19 bits per heavy atom. The van der Waals surface area contributed by atoms with Crippen molar-refractivity contribution in [1.29, 1.82) is 0 Å². The fourth-order valence-electron chi connectivity index (χ4n) is 1.29. The molecule has 0 saturated carbocycles. The van der Waals surface area contributed by atoms with E-state index < -0.39 is 0 Å². The number of rotatable bonds is 4. The molecule has 0 saturated heterocycles. The number of carbonyl (C=O) groups excluding carboxylic acids is 1. The van der Waals surface area contributed by atoms with Crippen molar-refractivity contribution in [3.63, 3.8) is 0 Å². The average molecular weight is 238 g/mol. The van der Waals surface area contributed by atoms with Crippen molar-refractivity contribution in [2.75, 3.05) is 11.5 Å². The quantitative estimate of drug-likeness (QED) is 0.624. The van der Waals surface area contributed by atoms with Gasteiger partial charge >= 0.3 is 0 Å². The van der Waals surface area contributed by atoms with Crippen molar-refractivity contribution in [2.45, 2.75) is 31.7 Å². The molecule has 1 aromatic carbocycles. The van der Waals surface area contributed by atoms with Crippen LogP contribution in [0.1, 0.15) is 19.4 Å². The lowest BCUT2D eigenvalue weighted by Gasteiger charge is -2.10. The van der Waals surface area contributed by atoms with Gasteiger partial charge in [0.1, 0.15) is 0 Å². The molecule has 3 N–H and O–H groups in total. The third-order valence-corrected chi connectivity index (χ3v) is 3.29. The van der Waals surface area contributed by atoms with Crippen LogP contribution in [0.25, 0.3) is 0 Å². The molecule has 0 fully saturated rings. The number of hydrogen-bond acceptors (Lipinski definition) is 3. The fraction of sp³-hybridized carbons (Fsp3) is 0.417. The molecular formula is C12H18N2OS. The number of nitrogens with one attached hydrogen (secondary N) is 1. The van der Waals surface area contributed by atoms with Gasteiger partial charge in [-0.25, -0.2) is 0 Å². The van der Waals surface area contributed by atoms with E-state index in [1.54, 1.807) is 0 Å². The highest BCUT2D eigenvalue weighted by Crippen LogP contribution is 2.25. The second-order valence-electron chi connectivity index (χ2n) is 3.98. The van der Waals surface area contributed by atoms with Gasteiger partial charge in [0.05, 0.1) is 5.75 Å². The summed E-state index contributed by atoms with van der Waals surface area (Å²) in [4.78, 5) is 12.5. The van der Waals surface area contributed by atoms with E-state index in [1.807, 2.05) is 39.0 Å². The molecule has 0 radical (unpaired) electrons. The highest BCUT2D eigenvalue weighted by Gasteiger charge is 2.06. The van der Waals surface area contributed by atoms with Gasteiger partial charge in [0, 0.05) is 16.6 Å². The van der Waals surface area contributed by atoms with Gasteiger partial charge in [0.25, 0.3) is 0 Å². The molecule has 0 aliphatic carbocycles. The Bertz CT molecular complexity index is 377. The maximum atomic E-state index is 11.5. The van der Waals surface area contributed by atoms with Gasteiger partial charge in [-0.3, -0.25) is 4.79 Å². The van der Waals surface area contributed by atoms with Crippen LogP contribution in [0.5, 0.6) is 0 Å². The third kappa shape index (κ3) is 3.77. The van der Waals surface area contributed by atoms with E-state index in [0.29, 0.717) is 5.75 Å². The van der Waals surface area contributed by atoms with Gasteiger partial charge < -0.3 is 11.1 Å². The summed E-state index contributed by atoms with van der Waals surface area (Å²) in [5.74, 6) is 0.490. The van der Waals surface area contributed by atoms with Gasteiger partial charge in [-0.1, -0.05) is 6.07 Å². The molecule has 3 nitrogen and oxygen atoms in total. The zero-order valence-electron chi connectivity index (χ0n) is 9.91. The summed E-state index contributed by atoms with van der Waals surface area (Å²) in [5.41, 5.74) is 7.61. The first-order valence-electron chi connectivity index (χ1n) is 5.28. The van der Waals surface area contributed by atoms with E-state index in [2.05, 4.69) is 5.32 Å². The van der Waals surface area contributed by atoms with Crippen molar-refractivity contribution in [3.05, 3.63) is 23.8 Å². The SMILES string of the molecule is Cc1c(N)cccc1SCC(=O)NC(C)C. The van der Waals surface area contributed by atoms with Gasteiger partial charge in [0.2, 0.25) is 5.91 Å². The van der Waals surface area contributed by atoms with Crippen LogP contribution in [0.3, 0.4) is 0 Å². The van der Waals surface area contributed by atoms with E-state index in [-0.39, 0.29) is 11.9 Å². The number of nitrogen functional groups attached to an aromatic ring is 1. The first-order chi connectivity index (χ1) is 7.50. The lowest BCUT2D eigenvalue weighted by atomic mass is 10.2. The lowest BCUT2D eigenvalue weighted by molar-refractivity contribution is -0.119. The van der Waals surface area contributed by atoms with Gasteiger partial charge in [0.15, 0.2) is 0 Å². The highest BCUT2D eigenvalue weighted by atomic mass is 32.2. The fourth-order valence-corrected chi connectivity index (χ4v) is 2.17. The zero-order chi connectivity index (χ0) is 12.1. The molecule has 0 bridgehead atoms. The summed E-state index contributed by atoms with van der Waals surface area (Å²) in [6.07, 6.45) is 0. The summed E-state index contributed by atoms with van der Waals surface area (Å²) in [7, 11) is 0. The van der Waals surface area contributed by atoms with Crippen molar-refractivity contribution in [1.82, 2.24) is 5.32 Å². The van der Waals surface area contributed by atoms with Crippen molar-refractivity contribution in [3.8, 4) is 0 Å². The standard InChI is InChI=1S/C12H18N2OS/c1-8(2)14-12(15)7-16-11-6-4-5-10(13)9(11)3/h4-6,8H,7,13H2,1-3H3,(H,14,15). The van der Waals surface area contributed by atoms with Crippen molar-refractivity contribution in [2.24, 2.45) is 0 Å². The molecule has 0 atom stereocenters. The Balaban J connectivity index is 2.55. The van der Waals surface area contributed by atoms with Crippen LogP contribution >= 0.6 is 11.8 Å². The Morgan fingerprint density at radius 3 is 2.81 bits per heavy atom. The maximum Gasteiger partial charge on any atom is 0.230 e. The van der Waals surface area contributed by atoms with E-state index in [0.717, 1.165) is 16.1 Å². The zero-order valence-corrected chi connectivity index (χ0v) is 10.7. The van der Waals surface area contributed by atoms with Gasteiger partial charge in [-0.15, -0.1) is 11.8 Å². The van der Waals surface area contributed by atoms with E-state index in [1.165, 1.54) is 11.8 Å². The average Bonchev–Trinajstić information content (AvgIpc) is 2.19. The number of hydrogen-bond donors (Lipinski definition) is 2. The first kappa shape index (κ1) is 12.9. The third-order valence-electron chi connectivity index (χ3n) is 2.13. The minimum atomic E-state index is 0.0572. The maximum absolute atomic E-state index is 11.5. The smallest absolute Gasteiger partial charge is 0.230 e. The van der Waals surface area contributed by atoms with Crippen LogP contribution in [0.4, 0.5) is 5.69 Å². The Kier molecular flexibility index (Phi) is 4.68. The number of benzene rings is 1. The summed E-state index contributed by atoms with van der Waals surface area (Å²) < 4.78 is 0. The van der Waals surface area contributed by atoms with E-state index >= 15 is 0 Å². The Hall–Kier alpha value is -1.16. The molecule has 1 aromatic rings. The van der Waals surface area contributed by atoms with Gasteiger partial charge in [-0.2, -0.15) is 0 Å². The summed E-state index contributed by atoms with van der Waals surface area (Å²) in [5, 5.41) is 2.86. The minimum Gasteiger partial charge on any atom is -0.398 e. The summed E-state index contributed by atoms with van der Waals surface area (Å²) in [6.45, 7) is 5.88. The van der Waals surface area contributed by atoms with Crippen LogP contribution < -0.4 is 11.1 Å². The monoisotopic (exact) mass is 238 g/mol. The molecule has 4 heteroatoms. The Labute approximate surface area is 101 Å². The Morgan fingerprint density at radius 1 is 1.50 bits per heavy atom. The summed E-state index contributed by atoms with van der Waals surface area (Å²) in [6, 6.07) is 5.95. The lowest BCUT2D eigenvalue weighted by Crippen LogP contribution is -2.31. The second-order valence-corrected chi connectivity index (χ2v) is 5.00. The molecule has 0 spiro atoms. The van der Waals surface area contributed by atoms with Crippen molar-refractivity contribution >= 4 is 23.4 Å². The molecule has 0 aliphatic rings. The number of carbonyl (C=O) groups is 1. The molecule has 0 aliphatic heterocycles. The van der Waals surface area contributed by atoms with Crippen LogP contribution in [0.2, 0.25) is 0 Å². The number of anilines is 1. The molecule has 16 heavy (non-hydrogen) atoms. The number of thioether (sulfide) groups is 1. The highest BCUT2D eigenvalue weighted by molar-refractivity contribution is 8.00. The predicted octanol–water partition coefficient (Wildman–Crippen LogP) is 2.19. The molecule has 0 heterocycles. The van der Waals surface area contributed by atoms with Crippen LogP contribution in [-0.4, -0.2) is 17.7 Å². The molecular weight excluding hydrogens is 220 g/mol. The van der Waals surface area contributed by atoms with Gasteiger partial charge in [-0.05, 0) is 38.5 Å². The van der Waals surface area contributed by atoms with Crippen LogP contribution in [-0.2, 0) is 4.79 Å². The topological polar surface area (TPSA) is 55.1 Å². The minimum absolute atomic E-state index is 0.0572. The van der Waals surface area contributed by atoms with Crippen LogP contribution in [0.15, 0.2) is 23.1 Å². The van der Waals surface area contributed by atoms with E-state index in [9.17, 15) is 4.79 Å². The van der Waals surface area contributed by atoms with Crippen LogP contribution in [0, 0.1) is 6.92 Å². The molecule has 1 rings (SSSR count). The number of nitrogens with two attached hydrogens (primary N) is 1. The molecule has 0 aromatic heterocycles. The summed E-state index contributed by atoms with van der Waals surface area (Å²) >= 11 is 1.52. The second kappa shape index (κ2) is 5.80. The first-order valence-corrected chi connectivity index (χ1v) is 6.26. The molecule has 1 amide bonds. The van der Waals surface area contributed by atoms with Crippen molar-refractivity contribution < 1.29 is 4.79 Å². The number of amides is 1. The van der Waals surface area contributed by atoms with E-state index in [4.69, 9.17) is 5.73 Å². The predicted molar refractivity (Wildman–Crippen MR) is 69.6 cm³/mol. The largest absolute Gasteiger partial charge is 0.398 e. The molecule has 0 unspecified atom stereocenters. The normalized spacial score (nSPS) is 10.5.